The third-order valence-corrected chi connectivity index (χ3v) is 2.35. The van der Waals surface area contributed by atoms with Crippen molar-refractivity contribution in [3.8, 4) is 0 Å². The first-order valence-corrected chi connectivity index (χ1v) is 5.11. The monoisotopic (exact) mass is 258 g/mol. The summed E-state index contributed by atoms with van der Waals surface area (Å²) in [5, 5.41) is 11.0. The maximum absolute atomic E-state index is 13.0. The van der Waals surface area contributed by atoms with Gasteiger partial charge in [0, 0.05) is 19.7 Å². The van der Waals surface area contributed by atoms with Gasteiger partial charge in [-0.1, -0.05) is 0 Å². The van der Waals surface area contributed by atoms with Gasteiger partial charge in [-0.2, -0.15) is 0 Å². The third-order valence-electron chi connectivity index (χ3n) is 2.35. The highest BCUT2D eigenvalue weighted by molar-refractivity contribution is 5.99. The van der Waals surface area contributed by atoms with E-state index >= 15 is 0 Å². The van der Waals surface area contributed by atoms with Gasteiger partial charge in [0.1, 0.15) is 0 Å². The summed E-state index contributed by atoms with van der Waals surface area (Å²) in [6.45, 7) is 2.10. The molecule has 0 saturated heterocycles. The first-order valence-electron chi connectivity index (χ1n) is 5.11. The number of benzene rings is 1. The number of anilines is 1. The molecule has 0 saturated carbocycles. The highest BCUT2D eigenvalue weighted by atomic mass is 19.2. The van der Waals surface area contributed by atoms with E-state index in [1.165, 1.54) is 11.9 Å². The number of rotatable bonds is 3. The molecule has 0 radical (unpaired) electrons. The summed E-state index contributed by atoms with van der Waals surface area (Å²) in [4.78, 5) is 23.6. The molecule has 18 heavy (non-hydrogen) atoms. The van der Waals surface area contributed by atoms with E-state index in [1.807, 2.05) is 0 Å². The molecule has 7 heteroatoms. The van der Waals surface area contributed by atoms with Crippen molar-refractivity contribution in [1.29, 1.82) is 0 Å². The summed E-state index contributed by atoms with van der Waals surface area (Å²) < 4.78 is 25.9. The maximum Gasteiger partial charge on any atom is 0.337 e. The van der Waals surface area contributed by atoms with Crippen molar-refractivity contribution < 1.29 is 23.5 Å². The molecule has 2 amide bonds. The number of nitrogens with zero attached hydrogens (tertiary/aromatic N) is 1. The van der Waals surface area contributed by atoms with Crippen molar-refractivity contribution in [2.75, 3.05) is 18.9 Å². The molecule has 0 spiro atoms. The Bertz CT molecular complexity index is 491. The van der Waals surface area contributed by atoms with Crippen LogP contribution in [0.5, 0.6) is 0 Å². The number of halogens is 2. The number of carboxylic acid groups (broad SMARTS) is 1. The number of aromatic carboxylic acids is 1. The molecule has 1 aromatic rings. The van der Waals surface area contributed by atoms with Crippen LogP contribution in [0.15, 0.2) is 12.1 Å². The van der Waals surface area contributed by atoms with Crippen molar-refractivity contribution in [1.82, 2.24) is 4.90 Å². The number of nitrogens with one attached hydrogen (secondary N) is 1. The van der Waals surface area contributed by atoms with Crippen molar-refractivity contribution in [3.05, 3.63) is 29.3 Å². The average Bonchev–Trinajstić information content (AvgIpc) is 2.31. The van der Waals surface area contributed by atoms with Crippen molar-refractivity contribution in [3.63, 3.8) is 0 Å². The second kappa shape index (κ2) is 5.44. The van der Waals surface area contributed by atoms with E-state index in [-0.39, 0.29) is 5.69 Å². The summed E-state index contributed by atoms with van der Waals surface area (Å²) >= 11 is 0. The van der Waals surface area contributed by atoms with Crippen LogP contribution >= 0.6 is 0 Å². The fourth-order valence-electron chi connectivity index (χ4n) is 1.18. The molecule has 1 aromatic carbocycles. The van der Waals surface area contributed by atoms with Gasteiger partial charge >= 0.3 is 12.0 Å². The summed E-state index contributed by atoms with van der Waals surface area (Å²) in [5.41, 5.74) is -0.793. The lowest BCUT2D eigenvalue weighted by atomic mass is 10.1. The van der Waals surface area contributed by atoms with Gasteiger partial charge in [0.2, 0.25) is 0 Å². The smallest absolute Gasteiger partial charge is 0.337 e. The Balaban J connectivity index is 3.11. The van der Waals surface area contributed by atoms with Gasteiger partial charge in [-0.3, -0.25) is 0 Å². The molecule has 98 valence electrons. The zero-order valence-corrected chi connectivity index (χ0v) is 9.83. The number of amides is 2. The van der Waals surface area contributed by atoms with Crippen LogP contribution in [0.3, 0.4) is 0 Å². The molecule has 0 aliphatic rings. The van der Waals surface area contributed by atoms with Gasteiger partial charge in [-0.05, 0) is 13.0 Å². The lowest BCUT2D eigenvalue weighted by molar-refractivity contribution is 0.0697. The summed E-state index contributed by atoms with van der Waals surface area (Å²) in [6.07, 6.45) is 0. The lowest BCUT2D eigenvalue weighted by Gasteiger charge is -2.16. The van der Waals surface area contributed by atoms with Crippen LogP contribution in [-0.2, 0) is 0 Å². The Morgan fingerprint density at radius 1 is 1.33 bits per heavy atom. The highest BCUT2D eigenvalue weighted by Gasteiger charge is 2.18. The van der Waals surface area contributed by atoms with E-state index in [9.17, 15) is 18.4 Å². The number of carboxylic acids is 1. The van der Waals surface area contributed by atoms with Gasteiger partial charge in [-0.15, -0.1) is 0 Å². The number of urea groups is 1. The second-order valence-electron chi connectivity index (χ2n) is 3.56. The topological polar surface area (TPSA) is 69.6 Å². The largest absolute Gasteiger partial charge is 0.478 e. The van der Waals surface area contributed by atoms with Crippen LogP contribution < -0.4 is 5.32 Å². The first kappa shape index (κ1) is 13.9. The summed E-state index contributed by atoms with van der Waals surface area (Å²) in [5.74, 6) is -3.97. The molecule has 0 aliphatic heterocycles. The first-order chi connectivity index (χ1) is 8.36. The summed E-state index contributed by atoms with van der Waals surface area (Å²) in [6, 6.07) is 0.561. The van der Waals surface area contributed by atoms with Gasteiger partial charge in [0.05, 0.1) is 11.3 Å². The second-order valence-corrected chi connectivity index (χ2v) is 3.56. The van der Waals surface area contributed by atoms with E-state index < -0.39 is 29.2 Å². The molecule has 0 bridgehead atoms. The molecular formula is C11H12F2N2O3. The fraction of sp³-hybridized carbons (Fsp3) is 0.273. The van der Waals surface area contributed by atoms with Gasteiger partial charge in [-0.25, -0.2) is 18.4 Å². The molecule has 0 fully saturated rings. The number of carbonyl (C=O) groups is 2. The van der Waals surface area contributed by atoms with Crippen molar-refractivity contribution in [2.45, 2.75) is 6.92 Å². The zero-order chi connectivity index (χ0) is 13.9. The van der Waals surface area contributed by atoms with Crippen LogP contribution in [0.25, 0.3) is 0 Å². The van der Waals surface area contributed by atoms with E-state index in [0.29, 0.717) is 18.7 Å². The predicted octanol–water partition coefficient (Wildman–Crippen LogP) is 2.15. The third kappa shape index (κ3) is 2.93. The van der Waals surface area contributed by atoms with Gasteiger partial charge < -0.3 is 15.3 Å². The molecule has 0 heterocycles. The van der Waals surface area contributed by atoms with E-state index in [2.05, 4.69) is 5.32 Å². The quantitative estimate of drug-likeness (QED) is 0.872. The maximum atomic E-state index is 13.0. The fourth-order valence-corrected chi connectivity index (χ4v) is 1.18. The van der Waals surface area contributed by atoms with Gasteiger partial charge in [0.15, 0.2) is 11.6 Å². The van der Waals surface area contributed by atoms with Crippen molar-refractivity contribution in [2.24, 2.45) is 0 Å². The zero-order valence-electron chi connectivity index (χ0n) is 9.83. The molecule has 0 aromatic heterocycles. The number of hydrogen-bond donors (Lipinski definition) is 2. The van der Waals surface area contributed by atoms with Gasteiger partial charge in [0.25, 0.3) is 0 Å². The Hall–Kier alpha value is -2.18. The molecule has 0 unspecified atom stereocenters. The number of hydrogen-bond acceptors (Lipinski definition) is 2. The highest BCUT2D eigenvalue weighted by Crippen LogP contribution is 2.20. The van der Waals surface area contributed by atoms with E-state index in [0.717, 1.165) is 0 Å². The van der Waals surface area contributed by atoms with E-state index in [1.54, 1.807) is 6.92 Å². The Morgan fingerprint density at radius 2 is 1.89 bits per heavy atom. The summed E-state index contributed by atoms with van der Waals surface area (Å²) in [7, 11) is 1.48. The average molecular weight is 258 g/mol. The minimum absolute atomic E-state index is 0.285. The van der Waals surface area contributed by atoms with Crippen LogP contribution in [0.4, 0.5) is 19.3 Å². The SMILES string of the molecule is CCN(C)C(=O)Nc1cc(F)c(F)cc1C(=O)O. The van der Waals surface area contributed by atoms with Crippen LogP contribution in [0.2, 0.25) is 0 Å². The minimum atomic E-state index is -1.46. The lowest BCUT2D eigenvalue weighted by Crippen LogP contribution is -2.31. The van der Waals surface area contributed by atoms with Crippen LogP contribution in [0, 0.1) is 11.6 Å². The van der Waals surface area contributed by atoms with Crippen LogP contribution in [-0.4, -0.2) is 35.6 Å². The molecular weight excluding hydrogens is 246 g/mol. The molecule has 1 rings (SSSR count). The Labute approximate surface area is 102 Å². The molecule has 0 atom stereocenters. The Morgan fingerprint density at radius 3 is 2.39 bits per heavy atom. The predicted molar refractivity (Wildman–Crippen MR) is 60.6 cm³/mol. The standard InChI is InChI=1S/C11H12F2N2O3/c1-3-15(2)11(18)14-9-5-8(13)7(12)4-6(9)10(16)17/h4-5H,3H2,1-2H3,(H,14,18)(H,16,17). The van der Waals surface area contributed by atoms with E-state index in [4.69, 9.17) is 5.11 Å². The normalized spacial score (nSPS) is 10.0. The Kier molecular flexibility index (Phi) is 4.19. The molecule has 5 nitrogen and oxygen atoms in total. The molecule has 0 aliphatic carbocycles. The number of carbonyl (C=O) groups excluding carboxylic acids is 1. The van der Waals surface area contributed by atoms with Crippen LogP contribution in [0.1, 0.15) is 17.3 Å². The molecule has 2 N–H and O–H groups in total. The minimum Gasteiger partial charge on any atom is -0.478 e. The van der Waals surface area contributed by atoms with Crippen molar-refractivity contribution >= 4 is 17.7 Å².